The lowest BCUT2D eigenvalue weighted by atomic mass is 9.99. The first-order chi connectivity index (χ1) is 12.4. The number of halogens is 2. The number of amides is 1. The maximum atomic E-state index is 14.0. The van der Waals surface area contributed by atoms with Gasteiger partial charge in [0.05, 0.1) is 0 Å². The molecule has 144 valence electrons. The Morgan fingerprint density at radius 2 is 2.00 bits per heavy atom. The van der Waals surface area contributed by atoms with Crippen LogP contribution in [-0.4, -0.2) is 54.0 Å². The summed E-state index contributed by atoms with van der Waals surface area (Å²) in [6, 6.07) is 4.98. The van der Waals surface area contributed by atoms with E-state index in [9.17, 15) is 9.18 Å². The van der Waals surface area contributed by atoms with Crippen LogP contribution < -0.4 is 10.9 Å². The van der Waals surface area contributed by atoms with Crippen molar-refractivity contribution in [3.63, 3.8) is 0 Å². The number of carbonyl (C=O) groups excluding carboxylic acids is 1. The summed E-state index contributed by atoms with van der Waals surface area (Å²) in [6.45, 7) is 7.65. The zero-order valence-electron chi connectivity index (χ0n) is 15.5. The number of hydrogen-bond donors (Lipinski definition) is 2. The molecule has 2 atom stereocenters. The van der Waals surface area contributed by atoms with Crippen molar-refractivity contribution in [3.8, 4) is 0 Å². The Morgan fingerprint density at radius 1 is 1.27 bits per heavy atom. The molecule has 26 heavy (non-hydrogen) atoms. The largest absolute Gasteiger partial charge is 0.339 e. The molecule has 2 N–H and O–H groups in total. The third-order valence-corrected chi connectivity index (χ3v) is 5.52. The highest BCUT2D eigenvalue weighted by molar-refractivity contribution is 6.31. The van der Waals surface area contributed by atoms with Crippen LogP contribution in [0.15, 0.2) is 18.2 Å². The van der Waals surface area contributed by atoms with Gasteiger partial charge in [-0.3, -0.25) is 15.1 Å². The van der Waals surface area contributed by atoms with Crippen molar-refractivity contribution >= 4 is 17.5 Å². The number of hydrogen-bond acceptors (Lipinski definition) is 4. The van der Waals surface area contributed by atoms with Gasteiger partial charge in [0.15, 0.2) is 0 Å². The molecule has 0 spiro atoms. The van der Waals surface area contributed by atoms with Crippen molar-refractivity contribution in [1.82, 2.24) is 20.7 Å². The summed E-state index contributed by atoms with van der Waals surface area (Å²) >= 11 is 6.12. The number of hydrazine groups is 1. The molecule has 1 amide bonds. The van der Waals surface area contributed by atoms with E-state index in [4.69, 9.17) is 11.6 Å². The third-order valence-electron chi connectivity index (χ3n) is 5.16. The lowest BCUT2D eigenvalue weighted by Crippen LogP contribution is -2.53. The summed E-state index contributed by atoms with van der Waals surface area (Å²) in [4.78, 5) is 16.8. The van der Waals surface area contributed by atoms with Crippen LogP contribution in [0.4, 0.5) is 4.39 Å². The molecule has 0 aromatic heterocycles. The minimum absolute atomic E-state index is 0.147. The first-order valence-electron chi connectivity index (χ1n) is 9.39. The average Bonchev–Trinajstić information content (AvgIpc) is 3.06. The van der Waals surface area contributed by atoms with E-state index in [0.717, 1.165) is 25.9 Å². The van der Waals surface area contributed by atoms with Crippen LogP contribution in [-0.2, 0) is 11.3 Å². The molecule has 1 aromatic rings. The molecule has 0 radical (unpaired) electrons. The van der Waals surface area contributed by atoms with E-state index in [1.165, 1.54) is 6.07 Å². The van der Waals surface area contributed by atoms with Gasteiger partial charge in [-0.05, 0) is 30.9 Å². The van der Waals surface area contributed by atoms with Gasteiger partial charge in [0.1, 0.15) is 11.9 Å². The lowest BCUT2D eigenvalue weighted by Gasteiger charge is -2.36. The van der Waals surface area contributed by atoms with Gasteiger partial charge in [-0.1, -0.05) is 31.5 Å². The number of piperazine rings is 1. The van der Waals surface area contributed by atoms with Gasteiger partial charge >= 0.3 is 0 Å². The van der Waals surface area contributed by atoms with Crippen LogP contribution >= 0.6 is 11.6 Å². The van der Waals surface area contributed by atoms with Crippen LogP contribution in [0.2, 0.25) is 5.02 Å². The number of carbonyl (C=O) groups is 1. The van der Waals surface area contributed by atoms with Gasteiger partial charge in [-0.25, -0.2) is 9.82 Å². The fraction of sp³-hybridized carbons (Fsp3) is 0.632. The lowest BCUT2D eigenvalue weighted by molar-refractivity contribution is -0.135. The Balaban J connectivity index is 1.48. The number of nitrogens with one attached hydrogen (secondary N) is 2. The summed E-state index contributed by atoms with van der Waals surface area (Å²) < 4.78 is 14.0. The fourth-order valence-electron chi connectivity index (χ4n) is 3.76. The Hall–Kier alpha value is -1.21. The first kappa shape index (κ1) is 19.5. The fourth-order valence-corrected chi connectivity index (χ4v) is 3.98. The van der Waals surface area contributed by atoms with Gasteiger partial charge in [-0.15, -0.1) is 0 Å². The van der Waals surface area contributed by atoms with Gasteiger partial charge in [0.25, 0.3) is 0 Å². The summed E-state index contributed by atoms with van der Waals surface area (Å²) in [6.07, 6.45) is 1.90. The number of nitrogens with zero attached hydrogens (tertiary/aromatic N) is 2. The average molecular weight is 383 g/mol. The standard InChI is InChI=1S/C19H28ClFN4O/c1-13(2)10-14-11-18(23-22-14)19(26)25-8-6-24(7-9-25)12-15-16(20)4-3-5-17(15)21/h3-5,13-14,18,22-23H,6-12H2,1-2H3. The monoisotopic (exact) mass is 382 g/mol. The molecule has 0 aliphatic carbocycles. The smallest absolute Gasteiger partial charge is 0.241 e. The minimum atomic E-state index is -0.270. The van der Waals surface area contributed by atoms with Crippen molar-refractivity contribution in [2.45, 2.75) is 45.3 Å². The second-order valence-corrected chi connectivity index (χ2v) is 8.11. The summed E-state index contributed by atoms with van der Waals surface area (Å²) in [5, 5.41) is 0.459. The van der Waals surface area contributed by atoms with Crippen molar-refractivity contribution in [1.29, 1.82) is 0 Å². The van der Waals surface area contributed by atoms with Gasteiger partial charge in [0.2, 0.25) is 5.91 Å². The summed E-state index contributed by atoms with van der Waals surface area (Å²) in [5.41, 5.74) is 6.94. The molecule has 7 heteroatoms. The van der Waals surface area contributed by atoms with E-state index in [0.29, 0.717) is 42.2 Å². The Morgan fingerprint density at radius 3 is 2.65 bits per heavy atom. The van der Waals surface area contributed by atoms with Crippen LogP contribution in [0.1, 0.15) is 32.3 Å². The molecule has 2 fully saturated rings. The molecule has 0 saturated carbocycles. The van der Waals surface area contributed by atoms with Crippen LogP contribution in [0.3, 0.4) is 0 Å². The molecule has 2 saturated heterocycles. The highest BCUT2D eigenvalue weighted by Gasteiger charge is 2.33. The van der Waals surface area contributed by atoms with E-state index in [1.54, 1.807) is 12.1 Å². The predicted octanol–water partition coefficient (Wildman–Crippen LogP) is 2.40. The van der Waals surface area contributed by atoms with Gasteiger partial charge in [-0.2, -0.15) is 0 Å². The third kappa shape index (κ3) is 4.74. The zero-order chi connectivity index (χ0) is 18.7. The molecule has 0 bridgehead atoms. The first-order valence-corrected chi connectivity index (χ1v) is 9.77. The molecule has 3 rings (SSSR count). The van der Waals surface area contributed by atoms with Crippen molar-refractivity contribution in [3.05, 3.63) is 34.6 Å². The summed E-state index contributed by atoms with van der Waals surface area (Å²) in [7, 11) is 0. The Labute approximate surface area is 159 Å². The van der Waals surface area contributed by atoms with E-state index in [2.05, 4.69) is 29.6 Å². The second kappa shape index (κ2) is 8.65. The molecule has 2 heterocycles. The van der Waals surface area contributed by atoms with E-state index in [1.807, 2.05) is 4.90 Å². The number of benzene rings is 1. The Kier molecular flexibility index (Phi) is 6.51. The summed E-state index contributed by atoms with van der Waals surface area (Å²) in [5.74, 6) is 0.498. The van der Waals surface area contributed by atoms with Crippen LogP contribution in [0.25, 0.3) is 0 Å². The van der Waals surface area contributed by atoms with Crippen molar-refractivity contribution < 1.29 is 9.18 Å². The minimum Gasteiger partial charge on any atom is -0.339 e. The van der Waals surface area contributed by atoms with Crippen molar-refractivity contribution in [2.24, 2.45) is 5.92 Å². The predicted molar refractivity (Wildman–Crippen MR) is 101 cm³/mol. The van der Waals surface area contributed by atoms with E-state index in [-0.39, 0.29) is 17.8 Å². The number of rotatable bonds is 5. The maximum absolute atomic E-state index is 14.0. The van der Waals surface area contributed by atoms with Crippen molar-refractivity contribution in [2.75, 3.05) is 26.2 Å². The van der Waals surface area contributed by atoms with Crippen LogP contribution in [0.5, 0.6) is 0 Å². The second-order valence-electron chi connectivity index (χ2n) is 7.71. The molecule has 5 nitrogen and oxygen atoms in total. The van der Waals surface area contributed by atoms with E-state index < -0.39 is 0 Å². The maximum Gasteiger partial charge on any atom is 0.241 e. The molecular weight excluding hydrogens is 355 g/mol. The molecule has 2 aliphatic heterocycles. The zero-order valence-corrected chi connectivity index (χ0v) is 16.2. The van der Waals surface area contributed by atoms with Gasteiger partial charge in [0, 0.05) is 49.4 Å². The quantitative estimate of drug-likeness (QED) is 0.821. The Bertz CT molecular complexity index is 614. The SMILES string of the molecule is CC(C)CC1CC(C(=O)N2CCN(Cc3c(F)cccc3Cl)CC2)NN1. The molecule has 2 unspecified atom stereocenters. The highest BCUT2D eigenvalue weighted by Crippen LogP contribution is 2.22. The van der Waals surface area contributed by atoms with Crippen LogP contribution in [0, 0.1) is 11.7 Å². The van der Waals surface area contributed by atoms with Gasteiger partial charge < -0.3 is 4.90 Å². The molecule has 1 aromatic carbocycles. The highest BCUT2D eigenvalue weighted by atomic mass is 35.5. The molecule has 2 aliphatic rings. The topological polar surface area (TPSA) is 47.6 Å². The molecular formula is C19H28ClFN4O. The van der Waals surface area contributed by atoms with E-state index >= 15 is 0 Å². The normalized spacial score (nSPS) is 24.4.